The highest BCUT2D eigenvalue weighted by Gasteiger charge is 2.41. The molecule has 0 aromatic rings. The molecule has 58 valence electrons. The minimum Gasteiger partial charge on any atom is -0.455 e. The molecular weight excluding hydrogens is 141 g/mol. The van der Waals surface area contributed by atoms with Crippen LogP contribution < -0.4 is 0 Å². The third-order valence-corrected chi connectivity index (χ3v) is 2.57. The van der Waals surface area contributed by atoms with Gasteiger partial charge in [-0.1, -0.05) is 0 Å². The van der Waals surface area contributed by atoms with E-state index in [1.807, 2.05) is 0 Å². The van der Waals surface area contributed by atoms with Crippen molar-refractivity contribution in [1.82, 2.24) is 4.90 Å². The Morgan fingerprint density at radius 3 is 2.45 bits per heavy atom. The van der Waals surface area contributed by atoms with E-state index in [2.05, 4.69) is 4.90 Å². The maximum atomic E-state index is 10.4. The highest BCUT2D eigenvalue weighted by Crippen LogP contribution is 2.34. The molecule has 0 saturated carbocycles. The van der Waals surface area contributed by atoms with Crippen molar-refractivity contribution >= 4 is 13.7 Å². The third kappa shape index (κ3) is 1.15. The fourth-order valence-corrected chi connectivity index (χ4v) is 2.05. The lowest BCUT2D eigenvalue weighted by molar-refractivity contribution is 0.0376. The van der Waals surface area contributed by atoms with E-state index in [0.29, 0.717) is 5.92 Å². The van der Waals surface area contributed by atoms with E-state index in [-0.39, 0.29) is 6.23 Å². The molecule has 2 heterocycles. The highest BCUT2D eigenvalue weighted by atomic mass is 16.6. The number of hydrogen-bond donors (Lipinski definition) is 0. The molecule has 3 nitrogen and oxygen atoms in total. The van der Waals surface area contributed by atoms with Crippen LogP contribution in [0.3, 0.4) is 0 Å². The summed E-state index contributed by atoms with van der Waals surface area (Å²) >= 11 is 0. The van der Waals surface area contributed by atoms with Crippen molar-refractivity contribution in [2.75, 3.05) is 13.1 Å². The molecule has 2 bridgehead atoms. The highest BCUT2D eigenvalue weighted by molar-refractivity contribution is 6.55. The third-order valence-electron chi connectivity index (χ3n) is 2.57. The minimum atomic E-state index is -0.645. The van der Waals surface area contributed by atoms with Gasteiger partial charge in [0.05, 0.1) is 0 Å². The van der Waals surface area contributed by atoms with Gasteiger partial charge in [0, 0.05) is 19.0 Å². The number of piperidine rings is 1. The van der Waals surface area contributed by atoms with Gasteiger partial charge in [-0.2, -0.15) is 0 Å². The van der Waals surface area contributed by atoms with Crippen molar-refractivity contribution < 1.29 is 9.53 Å². The molecule has 2 rings (SSSR count). The SMILES string of the molecule is [B]C(=O)OC1C2CCN1CC2. The molecular formula is C7H10BNO2. The molecule has 4 heteroatoms. The van der Waals surface area contributed by atoms with E-state index in [9.17, 15) is 4.79 Å². The smallest absolute Gasteiger partial charge is 0.237 e. The zero-order valence-corrected chi connectivity index (χ0v) is 6.32. The number of fused-ring (bicyclic) bond motifs is 2. The average Bonchev–Trinajstić information content (AvgIpc) is 2.48. The van der Waals surface area contributed by atoms with Gasteiger partial charge in [-0.25, -0.2) is 0 Å². The molecule has 2 saturated heterocycles. The van der Waals surface area contributed by atoms with Gasteiger partial charge in [0.25, 0.3) is 0 Å². The lowest BCUT2D eigenvalue weighted by Crippen LogP contribution is -2.30. The standard InChI is InChI=1S/C7H10BNO2/c8-7(10)11-6-5-1-3-9(6)4-2-5/h5-6H,1-4H2. The Balaban J connectivity index is 1.99. The van der Waals surface area contributed by atoms with Crippen molar-refractivity contribution in [1.29, 1.82) is 0 Å². The monoisotopic (exact) mass is 151 g/mol. The van der Waals surface area contributed by atoms with Gasteiger partial charge < -0.3 is 4.74 Å². The molecule has 11 heavy (non-hydrogen) atoms. The first kappa shape index (κ1) is 7.16. The molecule has 0 aromatic carbocycles. The summed E-state index contributed by atoms with van der Waals surface area (Å²) in [6.45, 7) is 2.12. The van der Waals surface area contributed by atoms with Gasteiger partial charge in [0.15, 0.2) is 6.23 Å². The zero-order valence-electron chi connectivity index (χ0n) is 6.32. The molecule has 1 unspecified atom stereocenters. The predicted octanol–water partition coefficient (Wildman–Crippen LogP) is 0.343. The summed E-state index contributed by atoms with van der Waals surface area (Å²) in [5, 5.41) is 0. The maximum Gasteiger partial charge on any atom is 0.237 e. The van der Waals surface area contributed by atoms with Crippen molar-refractivity contribution in [3.05, 3.63) is 0 Å². The van der Waals surface area contributed by atoms with Crippen molar-refractivity contribution in [3.63, 3.8) is 0 Å². The topological polar surface area (TPSA) is 29.5 Å². The quantitative estimate of drug-likeness (QED) is 0.506. The Bertz CT molecular complexity index is 165. The summed E-state index contributed by atoms with van der Waals surface area (Å²) in [5.74, 6) is -0.101. The minimum absolute atomic E-state index is 0.00694. The Morgan fingerprint density at radius 1 is 1.45 bits per heavy atom. The molecule has 0 spiro atoms. The lowest BCUT2D eigenvalue weighted by atomic mass is 10.0. The summed E-state index contributed by atoms with van der Waals surface area (Å²) < 4.78 is 4.96. The van der Waals surface area contributed by atoms with Crippen molar-refractivity contribution in [3.8, 4) is 0 Å². The van der Waals surface area contributed by atoms with Gasteiger partial charge in [-0.3, -0.25) is 9.69 Å². The number of ether oxygens (including phenoxy) is 1. The van der Waals surface area contributed by atoms with Crippen LogP contribution in [0, 0.1) is 5.92 Å². The summed E-state index contributed by atoms with van der Waals surface area (Å²) in [7, 11) is 4.94. The van der Waals surface area contributed by atoms with E-state index in [1.54, 1.807) is 0 Å². The lowest BCUT2D eigenvalue weighted by Gasteiger charge is -2.18. The van der Waals surface area contributed by atoms with Crippen molar-refractivity contribution in [2.45, 2.75) is 19.1 Å². The van der Waals surface area contributed by atoms with Gasteiger partial charge >= 0.3 is 0 Å². The summed E-state index contributed by atoms with van der Waals surface area (Å²) in [6, 6.07) is 0. The number of nitrogens with zero attached hydrogens (tertiary/aromatic N) is 1. The number of carbonyl (C=O) groups excluding carboxylic acids is 1. The fraction of sp³-hybridized carbons (Fsp3) is 0.857. The Morgan fingerprint density at radius 2 is 2.09 bits per heavy atom. The number of hydrogen-bond acceptors (Lipinski definition) is 3. The van der Waals surface area contributed by atoms with Gasteiger partial charge in [-0.15, -0.1) is 0 Å². The molecule has 2 radical (unpaired) electrons. The second-order valence-electron chi connectivity index (χ2n) is 3.20. The van der Waals surface area contributed by atoms with E-state index in [1.165, 1.54) is 0 Å². The Labute approximate surface area is 67.1 Å². The molecule has 0 N–H and O–H groups in total. The van der Waals surface area contributed by atoms with Crippen LogP contribution in [0.2, 0.25) is 0 Å². The van der Waals surface area contributed by atoms with Gasteiger partial charge in [0.2, 0.25) is 13.7 Å². The number of carbonyl (C=O) groups is 1. The van der Waals surface area contributed by atoms with Gasteiger partial charge in [-0.05, 0) is 12.8 Å². The van der Waals surface area contributed by atoms with Crippen LogP contribution in [0.4, 0.5) is 4.79 Å². The van der Waals surface area contributed by atoms with Crippen LogP contribution in [-0.4, -0.2) is 37.9 Å². The van der Waals surface area contributed by atoms with E-state index in [0.717, 1.165) is 25.9 Å². The maximum absolute atomic E-state index is 10.4. The summed E-state index contributed by atoms with van der Waals surface area (Å²) in [6.07, 6.45) is 2.29. The van der Waals surface area contributed by atoms with E-state index < -0.39 is 5.87 Å². The fourth-order valence-electron chi connectivity index (χ4n) is 2.05. The molecule has 1 atom stereocenters. The molecule has 2 aliphatic rings. The Hall–Kier alpha value is -0.505. The van der Waals surface area contributed by atoms with E-state index >= 15 is 0 Å². The van der Waals surface area contributed by atoms with Crippen LogP contribution in [0.25, 0.3) is 0 Å². The molecule has 0 aromatic heterocycles. The van der Waals surface area contributed by atoms with Gasteiger partial charge in [0.1, 0.15) is 0 Å². The average molecular weight is 151 g/mol. The predicted molar refractivity (Wildman–Crippen MR) is 40.3 cm³/mol. The zero-order chi connectivity index (χ0) is 7.84. The first-order valence-corrected chi connectivity index (χ1v) is 3.97. The number of rotatable bonds is 1. The summed E-state index contributed by atoms with van der Waals surface area (Å²) in [4.78, 5) is 12.6. The van der Waals surface area contributed by atoms with Crippen LogP contribution in [0.15, 0.2) is 0 Å². The molecule has 2 aliphatic heterocycles. The van der Waals surface area contributed by atoms with E-state index in [4.69, 9.17) is 12.6 Å². The normalized spacial score (nSPS) is 40.9. The Kier molecular flexibility index (Phi) is 1.64. The van der Waals surface area contributed by atoms with Crippen molar-refractivity contribution in [2.24, 2.45) is 5.92 Å². The van der Waals surface area contributed by atoms with Crippen LogP contribution >= 0.6 is 0 Å². The first-order chi connectivity index (χ1) is 5.27. The second kappa shape index (κ2) is 2.52. The molecule has 2 fully saturated rings. The first-order valence-electron chi connectivity index (χ1n) is 3.97. The molecule has 0 aliphatic carbocycles. The second-order valence-corrected chi connectivity index (χ2v) is 3.20. The van der Waals surface area contributed by atoms with Crippen LogP contribution in [0.1, 0.15) is 12.8 Å². The van der Waals surface area contributed by atoms with Crippen LogP contribution in [0.5, 0.6) is 0 Å². The molecule has 0 amide bonds. The largest absolute Gasteiger partial charge is 0.455 e. The van der Waals surface area contributed by atoms with Crippen LogP contribution in [-0.2, 0) is 4.74 Å². The summed E-state index contributed by atoms with van der Waals surface area (Å²) in [5.41, 5.74) is 0.